The molecule has 2 aliphatic carbocycles. The summed E-state index contributed by atoms with van der Waals surface area (Å²) in [5.41, 5.74) is 2.50. The average Bonchev–Trinajstić information content (AvgIpc) is 3.12. The van der Waals surface area contributed by atoms with Crippen molar-refractivity contribution in [3.8, 4) is 0 Å². The van der Waals surface area contributed by atoms with Crippen LogP contribution < -0.4 is 0 Å². The quantitative estimate of drug-likeness (QED) is 0.863. The molecular formula is C16H20N2O3. The molecule has 5 nitrogen and oxygen atoms in total. The molecule has 0 atom stereocenters. The number of Topliss-reactive ketones (excluding diaryl/α,β-unsaturated/α-hetero) is 1. The second-order valence-electron chi connectivity index (χ2n) is 6.21. The van der Waals surface area contributed by atoms with Gasteiger partial charge < -0.3 is 14.6 Å². The maximum Gasteiger partial charge on any atom is 0.352 e. The molecule has 0 aromatic carbocycles. The average molecular weight is 288 g/mol. The van der Waals surface area contributed by atoms with Crippen molar-refractivity contribution in [3.05, 3.63) is 34.8 Å². The lowest BCUT2D eigenvalue weighted by Crippen LogP contribution is -2.22. The zero-order valence-corrected chi connectivity index (χ0v) is 12.4. The minimum Gasteiger partial charge on any atom is -0.477 e. The van der Waals surface area contributed by atoms with Gasteiger partial charge in [-0.05, 0) is 43.2 Å². The summed E-state index contributed by atoms with van der Waals surface area (Å²) in [6.07, 6.45) is 5.51. The Kier molecular flexibility index (Phi) is 3.35. The van der Waals surface area contributed by atoms with E-state index < -0.39 is 5.97 Å². The summed E-state index contributed by atoms with van der Waals surface area (Å²) in [6, 6.07) is 1.68. The van der Waals surface area contributed by atoms with E-state index in [0.717, 1.165) is 30.4 Å². The van der Waals surface area contributed by atoms with Crippen molar-refractivity contribution in [1.82, 2.24) is 9.47 Å². The minimum absolute atomic E-state index is 0.0156. The van der Waals surface area contributed by atoms with Crippen LogP contribution in [0.5, 0.6) is 0 Å². The van der Waals surface area contributed by atoms with Crippen LogP contribution >= 0.6 is 0 Å². The van der Waals surface area contributed by atoms with E-state index in [1.54, 1.807) is 10.6 Å². The van der Waals surface area contributed by atoms with Crippen LogP contribution in [0.1, 0.15) is 45.8 Å². The first kappa shape index (κ1) is 13.9. The van der Waals surface area contributed by atoms with E-state index in [2.05, 4.69) is 0 Å². The molecule has 21 heavy (non-hydrogen) atoms. The molecular weight excluding hydrogens is 268 g/mol. The van der Waals surface area contributed by atoms with Gasteiger partial charge in [-0.25, -0.2) is 4.79 Å². The van der Waals surface area contributed by atoms with Gasteiger partial charge in [-0.2, -0.15) is 0 Å². The highest BCUT2D eigenvalue weighted by atomic mass is 16.4. The number of aromatic carboxylic acids is 1. The molecule has 1 N–H and O–H groups in total. The monoisotopic (exact) mass is 288 g/mol. The van der Waals surface area contributed by atoms with Crippen molar-refractivity contribution in [2.24, 2.45) is 5.92 Å². The Morgan fingerprint density at radius 3 is 2.71 bits per heavy atom. The molecule has 0 bridgehead atoms. The third kappa shape index (κ3) is 2.60. The fraction of sp³-hybridized carbons (Fsp3) is 0.500. The number of nitrogens with zero attached hydrogens (tertiary/aromatic N) is 2. The summed E-state index contributed by atoms with van der Waals surface area (Å²) in [5, 5.41) is 9.39. The molecule has 0 saturated heterocycles. The van der Waals surface area contributed by atoms with Crippen LogP contribution in [0.3, 0.4) is 0 Å². The lowest BCUT2D eigenvalue weighted by atomic mass is 9.92. The number of carbonyl (C=O) groups is 2. The van der Waals surface area contributed by atoms with Crippen molar-refractivity contribution in [3.63, 3.8) is 0 Å². The predicted octanol–water partition coefficient (Wildman–Crippen LogP) is 2.17. The van der Waals surface area contributed by atoms with E-state index in [4.69, 9.17) is 0 Å². The first-order valence-electron chi connectivity index (χ1n) is 7.35. The third-order valence-electron chi connectivity index (χ3n) is 4.12. The largest absolute Gasteiger partial charge is 0.477 e. The van der Waals surface area contributed by atoms with E-state index in [1.807, 2.05) is 25.2 Å². The second kappa shape index (κ2) is 5.06. The van der Waals surface area contributed by atoms with E-state index in [1.165, 1.54) is 0 Å². The molecule has 1 saturated carbocycles. The predicted molar refractivity (Wildman–Crippen MR) is 78.5 cm³/mol. The first-order valence-corrected chi connectivity index (χ1v) is 7.35. The van der Waals surface area contributed by atoms with Crippen molar-refractivity contribution in [1.29, 1.82) is 0 Å². The highest BCUT2D eigenvalue weighted by Crippen LogP contribution is 2.35. The Balaban J connectivity index is 2.05. The van der Waals surface area contributed by atoms with Gasteiger partial charge in [0.1, 0.15) is 5.69 Å². The normalized spacial score (nSPS) is 19.7. The van der Waals surface area contributed by atoms with E-state index >= 15 is 0 Å². The van der Waals surface area contributed by atoms with Gasteiger partial charge in [0.25, 0.3) is 0 Å². The van der Waals surface area contributed by atoms with Crippen LogP contribution in [-0.4, -0.2) is 40.4 Å². The van der Waals surface area contributed by atoms with Crippen molar-refractivity contribution < 1.29 is 14.7 Å². The molecule has 0 spiro atoms. The summed E-state index contributed by atoms with van der Waals surface area (Å²) in [6.45, 7) is 0.651. The third-order valence-corrected chi connectivity index (χ3v) is 4.12. The van der Waals surface area contributed by atoms with Gasteiger partial charge >= 0.3 is 5.97 Å². The molecule has 1 heterocycles. The molecule has 2 aliphatic rings. The number of aromatic nitrogens is 1. The Morgan fingerprint density at radius 2 is 2.14 bits per heavy atom. The fourth-order valence-electron chi connectivity index (χ4n) is 2.96. The van der Waals surface area contributed by atoms with Crippen molar-refractivity contribution in [2.45, 2.75) is 32.2 Å². The number of hydrogen-bond donors (Lipinski definition) is 1. The Morgan fingerprint density at radius 1 is 1.43 bits per heavy atom. The van der Waals surface area contributed by atoms with Crippen LogP contribution in [0.25, 0.3) is 0 Å². The lowest BCUT2D eigenvalue weighted by Gasteiger charge is -2.19. The molecule has 5 heteroatoms. The van der Waals surface area contributed by atoms with Gasteiger partial charge in [-0.1, -0.05) is 0 Å². The Hall–Kier alpha value is -2.04. The van der Waals surface area contributed by atoms with Gasteiger partial charge in [0.2, 0.25) is 5.78 Å². The van der Waals surface area contributed by atoms with Crippen LogP contribution in [0.4, 0.5) is 0 Å². The second-order valence-corrected chi connectivity index (χ2v) is 6.21. The highest BCUT2D eigenvalue weighted by Gasteiger charge is 2.32. The molecule has 1 aromatic heterocycles. The number of rotatable bonds is 4. The van der Waals surface area contributed by atoms with Crippen LogP contribution in [-0.2, 0) is 13.0 Å². The smallest absolute Gasteiger partial charge is 0.352 e. The standard InChI is InChI=1S/C16H20N2O3/c1-17(2)9-12-6-5-11-7-13(16(20)21)18(8-10-3-4-10)14(11)15(12)19/h7,9-10H,3-6,8H2,1-2H3,(H,20,21). The molecule has 0 aliphatic heterocycles. The van der Waals surface area contributed by atoms with Gasteiger partial charge in [0.05, 0.1) is 5.69 Å². The number of fused-ring (bicyclic) bond motifs is 1. The Bertz CT molecular complexity index is 636. The number of ketones is 1. The van der Waals surface area contributed by atoms with Gasteiger partial charge in [0, 0.05) is 32.4 Å². The lowest BCUT2D eigenvalue weighted by molar-refractivity contribution is 0.0684. The molecule has 0 radical (unpaired) electrons. The summed E-state index contributed by atoms with van der Waals surface area (Å²) in [4.78, 5) is 26.0. The van der Waals surface area contributed by atoms with E-state index in [9.17, 15) is 14.7 Å². The van der Waals surface area contributed by atoms with Crippen LogP contribution in [0, 0.1) is 5.92 Å². The van der Waals surface area contributed by atoms with E-state index in [0.29, 0.717) is 24.6 Å². The van der Waals surface area contributed by atoms with E-state index in [-0.39, 0.29) is 11.5 Å². The molecule has 0 unspecified atom stereocenters. The maximum absolute atomic E-state index is 12.7. The van der Waals surface area contributed by atoms with Crippen LogP contribution in [0.2, 0.25) is 0 Å². The molecule has 0 amide bonds. The molecule has 1 aromatic rings. The van der Waals surface area contributed by atoms with Gasteiger partial charge in [-0.3, -0.25) is 4.79 Å². The first-order chi connectivity index (χ1) is 9.97. The summed E-state index contributed by atoms with van der Waals surface area (Å²) < 4.78 is 1.74. The Labute approximate surface area is 123 Å². The number of carboxylic acid groups (broad SMARTS) is 1. The molecule has 3 rings (SSSR count). The zero-order chi connectivity index (χ0) is 15.1. The number of allylic oxidation sites excluding steroid dienone is 1. The summed E-state index contributed by atoms with van der Waals surface area (Å²) in [5.74, 6) is -0.440. The molecule has 1 fully saturated rings. The topological polar surface area (TPSA) is 62.5 Å². The highest BCUT2D eigenvalue weighted by molar-refractivity contribution is 6.10. The van der Waals surface area contributed by atoms with Gasteiger partial charge in [0.15, 0.2) is 0 Å². The van der Waals surface area contributed by atoms with Gasteiger partial charge in [-0.15, -0.1) is 0 Å². The number of carbonyl (C=O) groups excluding carboxylic acids is 1. The fourth-order valence-corrected chi connectivity index (χ4v) is 2.96. The number of hydrogen-bond acceptors (Lipinski definition) is 3. The molecule has 112 valence electrons. The minimum atomic E-state index is -0.948. The SMILES string of the molecule is CN(C)C=C1CCc2cc(C(=O)O)n(CC3CC3)c2C1=O. The maximum atomic E-state index is 12.7. The number of carboxylic acids is 1. The van der Waals surface area contributed by atoms with Crippen molar-refractivity contribution in [2.75, 3.05) is 14.1 Å². The summed E-state index contributed by atoms with van der Waals surface area (Å²) >= 11 is 0. The zero-order valence-electron chi connectivity index (χ0n) is 12.4. The summed E-state index contributed by atoms with van der Waals surface area (Å²) in [7, 11) is 3.78. The van der Waals surface area contributed by atoms with Crippen LogP contribution in [0.15, 0.2) is 17.8 Å². The van der Waals surface area contributed by atoms with Crippen molar-refractivity contribution >= 4 is 11.8 Å². The number of aryl methyl sites for hydroxylation is 1.